The topological polar surface area (TPSA) is 65.6 Å². The molecule has 6 nitrogen and oxygen atoms in total. The standard InChI is InChI=1S/C27H20FN5O/c1-17-5-4-6-19-13-20(33(27(34)25(17)19)24-8-3-2-7-22(24)28)15-32-26-21(14-29-16-30-26)23(31-32)12-11-18-9-10-18/h2-8,13-14,16,18H,9-10,15H2,1H3. The fourth-order valence-corrected chi connectivity index (χ4v) is 4.27. The summed E-state index contributed by atoms with van der Waals surface area (Å²) < 4.78 is 18.0. The summed E-state index contributed by atoms with van der Waals surface area (Å²) in [5.41, 5.74) is 2.60. The molecule has 5 aromatic rings. The Hall–Kier alpha value is -4.31. The van der Waals surface area contributed by atoms with Gasteiger partial charge in [0.25, 0.3) is 5.56 Å². The van der Waals surface area contributed by atoms with Crippen molar-refractivity contribution in [3.05, 3.63) is 94.2 Å². The van der Waals surface area contributed by atoms with E-state index in [9.17, 15) is 9.18 Å². The summed E-state index contributed by atoms with van der Waals surface area (Å²) in [6.07, 6.45) is 5.41. The highest BCUT2D eigenvalue weighted by Crippen LogP contribution is 2.28. The Kier molecular flexibility index (Phi) is 4.73. The van der Waals surface area contributed by atoms with Gasteiger partial charge in [-0.05, 0) is 54.8 Å². The monoisotopic (exact) mass is 449 g/mol. The zero-order valence-electron chi connectivity index (χ0n) is 18.5. The van der Waals surface area contributed by atoms with Gasteiger partial charge in [0, 0.05) is 17.8 Å². The van der Waals surface area contributed by atoms with E-state index >= 15 is 0 Å². The third kappa shape index (κ3) is 3.44. The third-order valence-electron chi connectivity index (χ3n) is 6.12. The van der Waals surface area contributed by atoms with E-state index < -0.39 is 5.82 Å². The number of pyridine rings is 1. The molecular weight excluding hydrogens is 429 g/mol. The zero-order valence-corrected chi connectivity index (χ0v) is 18.5. The normalized spacial score (nSPS) is 13.2. The number of hydrogen-bond acceptors (Lipinski definition) is 4. The van der Waals surface area contributed by atoms with E-state index in [1.807, 2.05) is 31.2 Å². The van der Waals surface area contributed by atoms with E-state index in [-0.39, 0.29) is 17.8 Å². The minimum absolute atomic E-state index is 0.201. The van der Waals surface area contributed by atoms with E-state index in [4.69, 9.17) is 5.10 Å². The summed E-state index contributed by atoms with van der Waals surface area (Å²) in [7, 11) is 0. The van der Waals surface area contributed by atoms with Gasteiger partial charge in [-0.25, -0.2) is 19.0 Å². The number of halogens is 1. The fourth-order valence-electron chi connectivity index (χ4n) is 4.27. The lowest BCUT2D eigenvalue weighted by molar-refractivity contribution is 0.606. The van der Waals surface area contributed by atoms with Gasteiger partial charge in [0.2, 0.25) is 0 Å². The van der Waals surface area contributed by atoms with Gasteiger partial charge in [-0.15, -0.1) is 0 Å². The van der Waals surface area contributed by atoms with Gasteiger partial charge in [0.05, 0.1) is 23.0 Å². The van der Waals surface area contributed by atoms with Gasteiger partial charge in [0.1, 0.15) is 17.8 Å². The van der Waals surface area contributed by atoms with Gasteiger partial charge in [-0.1, -0.05) is 36.3 Å². The van der Waals surface area contributed by atoms with Crippen LogP contribution in [0.5, 0.6) is 0 Å². The van der Waals surface area contributed by atoms with Crippen molar-refractivity contribution in [3.63, 3.8) is 0 Å². The molecule has 0 aliphatic heterocycles. The van der Waals surface area contributed by atoms with E-state index in [2.05, 4.69) is 21.8 Å². The highest BCUT2D eigenvalue weighted by atomic mass is 19.1. The first-order chi connectivity index (χ1) is 16.6. The average molecular weight is 449 g/mol. The first kappa shape index (κ1) is 20.3. The Labute approximate surface area is 194 Å². The highest BCUT2D eigenvalue weighted by molar-refractivity contribution is 5.85. The summed E-state index contributed by atoms with van der Waals surface area (Å²) in [6, 6.07) is 13.9. The third-order valence-corrected chi connectivity index (χ3v) is 6.12. The number of para-hydroxylation sites is 1. The maximum atomic E-state index is 14.9. The molecule has 0 N–H and O–H groups in total. The Morgan fingerprint density at radius 3 is 2.82 bits per heavy atom. The lowest BCUT2D eigenvalue weighted by atomic mass is 10.1. The van der Waals surface area contributed by atoms with E-state index in [0.717, 1.165) is 29.2 Å². The van der Waals surface area contributed by atoms with Crippen molar-refractivity contribution in [2.75, 3.05) is 0 Å². The highest BCUT2D eigenvalue weighted by Gasteiger charge is 2.20. The van der Waals surface area contributed by atoms with Crippen LogP contribution >= 0.6 is 0 Å². The van der Waals surface area contributed by atoms with Gasteiger partial charge in [-0.3, -0.25) is 9.36 Å². The maximum Gasteiger partial charge on any atom is 0.263 e. The molecule has 7 heteroatoms. The Balaban J connectivity index is 1.58. The maximum absolute atomic E-state index is 14.9. The molecule has 1 aliphatic rings. The molecule has 3 aromatic heterocycles. The second-order valence-corrected chi connectivity index (χ2v) is 8.58. The average Bonchev–Trinajstić information content (AvgIpc) is 3.60. The molecule has 0 spiro atoms. The molecule has 0 saturated heterocycles. The van der Waals surface area contributed by atoms with Crippen LogP contribution in [0, 0.1) is 30.5 Å². The lowest BCUT2D eigenvalue weighted by Gasteiger charge is -2.16. The molecule has 2 aromatic carbocycles. The second-order valence-electron chi connectivity index (χ2n) is 8.58. The van der Waals surface area contributed by atoms with Gasteiger partial charge < -0.3 is 0 Å². The van der Waals surface area contributed by atoms with Gasteiger partial charge in [-0.2, -0.15) is 5.10 Å². The minimum atomic E-state index is -0.470. The van der Waals surface area contributed by atoms with Crippen molar-refractivity contribution < 1.29 is 4.39 Å². The van der Waals surface area contributed by atoms with Gasteiger partial charge in [0.15, 0.2) is 5.65 Å². The number of aromatic nitrogens is 5. The van der Waals surface area contributed by atoms with Crippen molar-refractivity contribution in [1.82, 2.24) is 24.3 Å². The van der Waals surface area contributed by atoms with Crippen molar-refractivity contribution in [1.29, 1.82) is 0 Å². The number of fused-ring (bicyclic) bond motifs is 2. The van der Waals surface area contributed by atoms with Crippen LogP contribution < -0.4 is 5.56 Å². The van der Waals surface area contributed by atoms with Crippen LogP contribution in [0.1, 0.15) is 29.8 Å². The summed E-state index contributed by atoms with van der Waals surface area (Å²) >= 11 is 0. The number of aryl methyl sites for hydroxylation is 1. The Morgan fingerprint density at radius 1 is 1.15 bits per heavy atom. The summed E-state index contributed by atoms with van der Waals surface area (Å²) in [5, 5.41) is 6.82. The molecule has 6 rings (SSSR count). The molecule has 0 bridgehead atoms. The van der Waals surface area contributed by atoms with E-state index in [0.29, 0.717) is 28.3 Å². The summed E-state index contributed by atoms with van der Waals surface area (Å²) in [4.78, 5) is 22.2. The second kappa shape index (κ2) is 7.92. The molecule has 0 amide bonds. The van der Waals surface area contributed by atoms with Crippen LogP contribution in [-0.4, -0.2) is 24.3 Å². The van der Waals surface area contributed by atoms with E-state index in [1.54, 1.807) is 29.1 Å². The van der Waals surface area contributed by atoms with Gasteiger partial charge >= 0.3 is 0 Å². The Bertz CT molecular complexity index is 1700. The first-order valence-corrected chi connectivity index (χ1v) is 11.2. The predicted molar refractivity (Wildman–Crippen MR) is 128 cm³/mol. The number of hydrogen-bond donors (Lipinski definition) is 0. The van der Waals surface area contributed by atoms with Crippen LogP contribution in [0.25, 0.3) is 27.5 Å². The van der Waals surface area contributed by atoms with Crippen LogP contribution in [0.2, 0.25) is 0 Å². The summed E-state index contributed by atoms with van der Waals surface area (Å²) in [6.45, 7) is 2.10. The van der Waals surface area contributed by atoms with Crippen molar-refractivity contribution in [2.45, 2.75) is 26.3 Å². The molecule has 0 atom stereocenters. The molecule has 0 radical (unpaired) electrons. The van der Waals surface area contributed by atoms with Crippen LogP contribution in [-0.2, 0) is 6.54 Å². The molecule has 0 unspecified atom stereocenters. The summed E-state index contributed by atoms with van der Waals surface area (Å²) in [5.74, 6) is 6.37. The molecule has 1 aliphatic carbocycles. The van der Waals surface area contributed by atoms with Crippen molar-refractivity contribution in [2.24, 2.45) is 5.92 Å². The SMILES string of the molecule is Cc1cccc2cc(Cn3nc(C#CC4CC4)c4cncnc43)n(-c3ccccc3F)c(=O)c12. The minimum Gasteiger partial charge on any atom is -0.276 e. The largest absolute Gasteiger partial charge is 0.276 e. The van der Waals surface area contributed by atoms with Crippen molar-refractivity contribution >= 4 is 21.8 Å². The molecule has 3 heterocycles. The number of nitrogens with zero attached hydrogens (tertiary/aromatic N) is 5. The van der Waals surface area contributed by atoms with Crippen LogP contribution in [0.3, 0.4) is 0 Å². The van der Waals surface area contributed by atoms with E-state index in [1.165, 1.54) is 17.0 Å². The lowest BCUT2D eigenvalue weighted by Crippen LogP contribution is -2.25. The quantitative estimate of drug-likeness (QED) is 0.383. The van der Waals surface area contributed by atoms with Crippen LogP contribution in [0.15, 0.2) is 65.8 Å². The Morgan fingerprint density at radius 2 is 2.00 bits per heavy atom. The first-order valence-electron chi connectivity index (χ1n) is 11.2. The van der Waals surface area contributed by atoms with Crippen molar-refractivity contribution in [3.8, 4) is 17.5 Å². The molecular formula is C27H20FN5O. The predicted octanol–water partition coefficient (Wildman–Crippen LogP) is 4.39. The smallest absolute Gasteiger partial charge is 0.263 e. The number of rotatable bonds is 3. The molecule has 1 fully saturated rings. The fraction of sp³-hybridized carbons (Fsp3) is 0.185. The molecule has 1 saturated carbocycles. The molecule has 166 valence electrons. The number of benzene rings is 2. The molecule has 34 heavy (non-hydrogen) atoms. The zero-order chi connectivity index (χ0) is 23.2. The van der Waals surface area contributed by atoms with Crippen LogP contribution in [0.4, 0.5) is 4.39 Å².